The van der Waals surface area contributed by atoms with Crippen LogP contribution >= 0.6 is 23.2 Å². The molecule has 0 unspecified atom stereocenters. The number of carbonyl (C=O) groups excluding carboxylic acids is 1. The maximum Gasteiger partial charge on any atom is 0.224 e. The van der Waals surface area contributed by atoms with Gasteiger partial charge in [-0.15, -0.1) is 0 Å². The number of nitrogens with one attached hydrogen (secondary N) is 1. The number of hydrogen-bond acceptors (Lipinski definition) is 3. The summed E-state index contributed by atoms with van der Waals surface area (Å²) in [5.41, 5.74) is 1.79. The van der Waals surface area contributed by atoms with Gasteiger partial charge in [-0.1, -0.05) is 41.4 Å². The highest BCUT2D eigenvalue weighted by Gasteiger charge is 2.07. The lowest BCUT2D eigenvalue weighted by Gasteiger charge is -2.10. The minimum Gasteiger partial charge on any atom is -0.492 e. The first-order chi connectivity index (χ1) is 12.1. The highest BCUT2D eigenvalue weighted by atomic mass is 35.5. The fourth-order valence-corrected chi connectivity index (χ4v) is 2.54. The number of amides is 1. The largest absolute Gasteiger partial charge is 0.492 e. The van der Waals surface area contributed by atoms with Crippen molar-refractivity contribution in [3.05, 3.63) is 58.1 Å². The van der Waals surface area contributed by atoms with Crippen LogP contribution in [0.2, 0.25) is 10.0 Å². The van der Waals surface area contributed by atoms with Gasteiger partial charge in [-0.25, -0.2) is 0 Å². The van der Waals surface area contributed by atoms with Gasteiger partial charge in [0.15, 0.2) is 0 Å². The summed E-state index contributed by atoms with van der Waals surface area (Å²) in [7, 11) is 0. The summed E-state index contributed by atoms with van der Waals surface area (Å²) >= 11 is 12.0. The van der Waals surface area contributed by atoms with Crippen LogP contribution in [0.1, 0.15) is 25.3 Å². The van der Waals surface area contributed by atoms with Gasteiger partial charge in [-0.05, 0) is 43.2 Å². The quantitative estimate of drug-likeness (QED) is 0.597. The Morgan fingerprint density at radius 1 is 1.16 bits per heavy atom. The molecule has 0 saturated carbocycles. The molecule has 2 rings (SSSR count). The van der Waals surface area contributed by atoms with Crippen molar-refractivity contribution in [2.24, 2.45) is 0 Å². The molecule has 0 aliphatic carbocycles. The standard InChI is InChI=1S/C19H21Cl2NO3/c1-2-24-13-14-6-3-7-15(12-14)22-18(23)10-5-11-25-17-9-4-8-16(20)19(17)21/h3-4,6-9,12H,2,5,10-11,13H2,1H3,(H,22,23). The number of anilines is 1. The van der Waals surface area contributed by atoms with Crippen molar-refractivity contribution in [1.82, 2.24) is 0 Å². The van der Waals surface area contributed by atoms with Crippen molar-refractivity contribution in [2.45, 2.75) is 26.4 Å². The van der Waals surface area contributed by atoms with E-state index >= 15 is 0 Å². The van der Waals surface area contributed by atoms with Gasteiger partial charge in [0.05, 0.1) is 18.2 Å². The van der Waals surface area contributed by atoms with Crippen LogP contribution < -0.4 is 10.1 Å². The Kier molecular flexibility index (Phi) is 8.06. The van der Waals surface area contributed by atoms with E-state index in [1.807, 2.05) is 31.2 Å². The monoisotopic (exact) mass is 381 g/mol. The number of rotatable bonds is 9. The molecule has 6 heteroatoms. The fourth-order valence-electron chi connectivity index (χ4n) is 2.19. The van der Waals surface area contributed by atoms with E-state index in [2.05, 4.69) is 5.32 Å². The third-order valence-electron chi connectivity index (χ3n) is 3.41. The van der Waals surface area contributed by atoms with Crippen molar-refractivity contribution in [2.75, 3.05) is 18.5 Å². The summed E-state index contributed by atoms with van der Waals surface area (Å²) in [6.07, 6.45) is 0.932. The molecule has 2 aromatic carbocycles. The zero-order valence-corrected chi connectivity index (χ0v) is 15.6. The third kappa shape index (κ3) is 6.58. The molecular formula is C19H21Cl2NO3. The molecule has 0 heterocycles. The Bertz CT molecular complexity index is 707. The van der Waals surface area contributed by atoms with E-state index in [0.29, 0.717) is 48.5 Å². The van der Waals surface area contributed by atoms with Gasteiger partial charge >= 0.3 is 0 Å². The minimum atomic E-state index is -0.0608. The molecular weight excluding hydrogens is 361 g/mol. The molecule has 0 aliphatic heterocycles. The maximum atomic E-state index is 12.0. The molecule has 1 amide bonds. The Morgan fingerprint density at radius 3 is 2.76 bits per heavy atom. The van der Waals surface area contributed by atoms with Gasteiger partial charge in [-0.2, -0.15) is 0 Å². The van der Waals surface area contributed by atoms with Crippen LogP contribution in [-0.4, -0.2) is 19.1 Å². The first-order valence-corrected chi connectivity index (χ1v) is 8.89. The first kappa shape index (κ1) is 19.6. The van der Waals surface area contributed by atoms with Crippen molar-refractivity contribution < 1.29 is 14.3 Å². The van der Waals surface area contributed by atoms with E-state index in [1.54, 1.807) is 18.2 Å². The molecule has 0 radical (unpaired) electrons. The van der Waals surface area contributed by atoms with E-state index < -0.39 is 0 Å². The normalized spacial score (nSPS) is 10.5. The number of halogens is 2. The molecule has 0 fully saturated rings. The molecule has 2 aromatic rings. The second-order valence-electron chi connectivity index (χ2n) is 5.39. The maximum absolute atomic E-state index is 12.0. The van der Waals surface area contributed by atoms with Gasteiger partial charge in [0.2, 0.25) is 5.91 Å². The van der Waals surface area contributed by atoms with Crippen LogP contribution in [-0.2, 0) is 16.1 Å². The number of hydrogen-bond donors (Lipinski definition) is 1. The van der Waals surface area contributed by atoms with Gasteiger partial charge < -0.3 is 14.8 Å². The van der Waals surface area contributed by atoms with Crippen LogP contribution in [0.5, 0.6) is 5.75 Å². The summed E-state index contributed by atoms with van der Waals surface area (Å²) in [5.74, 6) is 0.465. The second kappa shape index (κ2) is 10.3. The Labute approximate surface area is 158 Å². The van der Waals surface area contributed by atoms with Gasteiger partial charge in [-0.3, -0.25) is 4.79 Å². The summed E-state index contributed by atoms with van der Waals surface area (Å²) in [5, 5.41) is 3.72. The van der Waals surface area contributed by atoms with Crippen molar-refractivity contribution in [3.8, 4) is 5.75 Å². The van der Waals surface area contributed by atoms with Crippen molar-refractivity contribution in [1.29, 1.82) is 0 Å². The van der Waals surface area contributed by atoms with E-state index in [9.17, 15) is 4.79 Å². The van der Waals surface area contributed by atoms with Gasteiger partial charge in [0, 0.05) is 18.7 Å². The predicted molar refractivity (Wildman–Crippen MR) is 102 cm³/mol. The third-order valence-corrected chi connectivity index (χ3v) is 4.21. The Balaban J connectivity index is 1.74. The zero-order valence-electron chi connectivity index (χ0n) is 14.1. The molecule has 0 saturated heterocycles. The lowest BCUT2D eigenvalue weighted by atomic mass is 10.2. The highest BCUT2D eigenvalue weighted by molar-refractivity contribution is 6.42. The highest BCUT2D eigenvalue weighted by Crippen LogP contribution is 2.31. The van der Waals surface area contributed by atoms with Crippen molar-refractivity contribution in [3.63, 3.8) is 0 Å². The molecule has 1 N–H and O–H groups in total. The van der Waals surface area contributed by atoms with Crippen LogP contribution in [0.25, 0.3) is 0 Å². The lowest BCUT2D eigenvalue weighted by molar-refractivity contribution is -0.116. The average molecular weight is 382 g/mol. The minimum absolute atomic E-state index is 0.0608. The first-order valence-electron chi connectivity index (χ1n) is 8.13. The summed E-state index contributed by atoms with van der Waals surface area (Å²) in [6.45, 7) is 3.53. The van der Waals surface area contributed by atoms with E-state index in [1.165, 1.54) is 0 Å². The molecule has 0 bridgehead atoms. The molecule has 4 nitrogen and oxygen atoms in total. The lowest BCUT2D eigenvalue weighted by Crippen LogP contribution is -2.13. The predicted octanol–water partition coefficient (Wildman–Crippen LogP) is 5.33. The molecule has 0 spiro atoms. The van der Waals surface area contributed by atoms with Gasteiger partial charge in [0.1, 0.15) is 10.8 Å². The van der Waals surface area contributed by atoms with Crippen LogP contribution in [0.4, 0.5) is 5.69 Å². The Hall–Kier alpha value is -1.75. The molecule has 0 aliphatic rings. The number of carbonyl (C=O) groups is 1. The molecule has 0 atom stereocenters. The van der Waals surface area contributed by atoms with Crippen LogP contribution in [0.3, 0.4) is 0 Å². The molecule has 0 aromatic heterocycles. The zero-order chi connectivity index (χ0) is 18.1. The molecule has 25 heavy (non-hydrogen) atoms. The fraction of sp³-hybridized carbons (Fsp3) is 0.316. The van der Waals surface area contributed by atoms with E-state index in [0.717, 1.165) is 11.3 Å². The van der Waals surface area contributed by atoms with Crippen LogP contribution in [0.15, 0.2) is 42.5 Å². The topological polar surface area (TPSA) is 47.6 Å². The average Bonchev–Trinajstić information content (AvgIpc) is 2.60. The summed E-state index contributed by atoms with van der Waals surface area (Å²) in [6, 6.07) is 12.8. The van der Waals surface area contributed by atoms with Crippen LogP contribution in [0, 0.1) is 0 Å². The second-order valence-corrected chi connectivity index (χ2v) is 6.17. The smallest absolute Gasteiger partial charge is 0.224 e. The van der Waals surface area contributed by atoms with E-state index in [-0.39, 0.29) is 5.91 Å². The van der Waals surface area contributed by atoms with Crippen molar-refractivity contribution >= 4 is 34.8 Å². The SMILES string of the molecule is CCOCc1cccc(NC(=O)CCCOc2cccc(Cl)c2Cl)c1. The van der Waals surface area contributed by atoms with Gasteiger partial charge in [0.25, 0.3) is 0 Å². The number of benzene rings is 2. The summed E-state index contributed by atoms with van der Waals surface area (Å²) < 4.78 is 10.9. The summed E-state index contributed by atoms with van der Waals surface area (Å²) in [4.78, 5) is 12.0. The number of ether oxygens (including phenoxy) is 2. The molecule has 134 valence electrons. The Morgan fingerprint density at radius 2 is 1.96 bits per heavy atom. The van der Waals surface area contributed by atoms with E-state index in [4.69, 9.17) is 32.7 Å².